The molecule has 0 radical (unpaired) electrons. The zero-order valence-corrected chi connectivity index (χ0v) is 19.3. The quantitative estimate of drug-likeness (QED) is 0.381. The summed E-state index contributed by atoms with van der Waals surface area (Å²) in [4.78, 5) is 16.3. The number of hydrogen-bond donors (Lipinski definition) is 2. The maximum atomic E-state index is 11.6. The molecule has 0 amide bonds. The number of hydrogen-bond acceptors (Lipinski definition) is 5. The highest BCUT2D eigenvalue weighted by Gasteiger charge is 2.19. The number of nitriles is 1. The Morgan fingerprint density at radius 3 is 2.83 bits per heavy atom. The minimum absolute atomic E-state index is 0.0590. The second kappa shape index (κ2) is 9.90. The zero-order chi connectivity index (χ0) is 24.2. The first kappa shape index (κ1) is 22.5. The standard InChI is InChI=1S/C28H26N4O3/c29-18-19-3-5-20(6-4-19)26(17-27(33)34)32-14-11-22-16-24(9-10-25(22)32)35-15-12-23-8-7-21-2-1-13-30-28(21)31-23/h3-11,14,16,26H,1-2,12-13,15,17H2,(H,30,31)(H,33,34). The molecule has 7 heteroatoms. The van der Waals surface area contributed by atoms with Crippen LogP contribution in [0, 0.1) is 11.3 Å². The fourth-order valence-electron chi connectivity index (χ4n) is 4.61. The van der Waals surface area contributed by atoms with E-state index in [1.54, 1.807) is 12.1 Å². The summed E-state index contributed by atoms with van der Waals surface area (Å²) in [6, 6.07) is 20.8. The molecule has 0 aliphatic carbocycles. The van der Waals surface area contributed by atoms with Crippen molar-refractivity contribution in [2.24, 2.45) is 0 Å². The van der Waals surface area contributed by atoms with Gasteiger partial charge in [0.25, 0.3) is 0 Å². The molecule has 1 aliphatic rings. The fraction of sp³-hybridized carbons (Fsp3) is 0.250. The third-order valence-corrected chi connectivity index (χ3v) is 6.40. The number of carboxylic acid groups (broad SMARTS) is 1. The molecule has 1 unspecified atom stereocenters. The number of carbonyl (C=O) groups is 1. The van der Waals surface area contributed by atoms with E-state index in [1.807, 2.05) is 47.2 Å². The molecular formula is C28H26N4O3. The zero-order valence-electron chi connectivity index (χ0n) is 19.3. The van der Waals surface area contributed by atoms with Crippen LogP contribution in [0.1, 0.15) is 41.3 Å². The van der Waals surface area contributed by atoms with Gasteiger partial charge < -0.3 is 19.7 Å². The fourth-order valence-corrected chi connectivity index (χ4v) is 4.61. The predicted octanol–water partition coefficient (Wildman–Crippen LogP) is 4.95. The summed E-state index contributed by atoms with van der Waals surface area (Å²) in [5.74, 6) is 0.876. The SMILES string of the molecule is N#Cc1ccc(C(CC(=O)O)n2ccc3cc(OCCc4ccc5c(n4)NCCC5)ccc32)cc1. The molecule has 0 bridgehead atoms. The third kappa shape index (κ3) is 4.97. The van der Waals surface area contributed by atoms with Crippen LogP contribution in [0.5, 0.6) is 5.75 Å². The van der Waals surface area contributed by atoms with E-state index >= 15 is 0 Å². The first-order valence-electron chi connectivity index (χ1n) is 11.8. The van der Waals surface area contributed by atoms with Gasteiger partial charge in [-0.1, -0.05) is 18.2 Å². The summed E-state index contributed by atoms with van der Waals surface area (Å²) >= 11 is 0. The van der Waals surface area contributed by atoms with Gasteiger partial charge in [0.05, 0.1) is 30.7 Å². The van der Waals surface area contributed by atoms with E-state index in [4.69, 9.17) is 15.0 Å². The van der Waals surface area contributed by atoms with E-state index in [0.717, 1.165) is 53.1 Å². The molecular weight excluding hydrogens is 440 g/mol. The number of aryl methyl sites for hydroxylation is 1. The van der Waals surface area contributed by atoms with Crippen molar-refractivity contribution in [1.29, 1.82) is 5.26 Å². The number of fused-ring (bicyclic) bond motifs is 2. The molecule has 0 spiro atoms. The molecule has 1 aliphatic heterocycles. The molecule has 7 nitrogen and oxygen atoms in total. The minimum atomic E-state index is -0.882. The Bertz CT molecular complexity index is 1400. The number of aliphatic carboxylic acids is 1. The van der Waals surface area contributed by atoms with E-state index in [1.165, 1.54) is 5.56 Å². The lowest BCUT2D eigenvalue weighted by atomic mass is 10.0. The van der Waals surface area contributed by atoms with Crippen LogP contribution < -0.4 is 10.1 Å². The van der Waals surface area contributed by atoms with Crippen LogP contribution in [0.25, 0.3) is 10.9 Å². The largest absolute Gasteiger partial charge is 0.493 e. The average molecular weight is 467 g/mol. The van der Waals surface area contributed by atoms with Gasteiger partial charge in [0.15, 0.2) is 0 Å². The smallest absolute Gasteiger partial charge is 0.305 e. The van der Waals surface area contributed by atoms with Gasteiger partial charge in [-0.25, -0.2) is 4.98 Å². The Morgan fingerprint density at radius 1 is 1.17 bits per heavy atom. The highest BCUT2D eigenvalue weighted by molar-refractivity contribution is 5.82. The Morgan fingerprint density at radius 2 is 2.03 bits per heavy atom. The van der Waals surface area contributed by atoms with Crippen molar-refractivity contribution in [3.63, 3.8) is 0 Å². The summed E-state index contributed by atoms with van der Waals surface area (Å²) in [5, 5.41) is 22.9. The molecule has 35 heavy (non-hydrogen) atoms. The molecule has 4 aromatic rings. The maximum absolute atomic E-state index is 11.6. The molecule has 2 aromatic carbocycles. The van der Waals surface area contributed by atoms with E-state index in [-0.39, 0.29) is 12.5 Å². The number of benzene rings is 2. The van der Waals surface area contributed by atoms with Gasteiger partial charge in [0.1, 0.15) is 11.6 Å². The first-order valence-corrected chi connectivity index (χ1v) is 11.8. The normalized spacial score (nSPS) is 13.5. The van der Waals surface area contributed by atoms with Crippen molar-refractivity contribution in [2.45, 2.75) is 31.7 Å². The molecule has 2 aromatic heterocycles. The second-order valence-corrected chi connectivity index (χ2v) is 8.73. The van der Waals surface area contributed by atoms with Crippen molar-refractivity contribution in [2.75, 3.05) is 18.5 Å². The van der Waals surface area contributed by atoms with Crippen LogP contribution >= 0.6 is 0 Å². The van der Waals surface area contributed by atoms with Gasteiger partial charge in [0.2, 0.25) is 0 Å². The van der Waals surface area contributed by atoms with Crippen LogP contribution in [0.2, 0.25) is 0 Å². The van der Waals surface area contributed by atoms with Gasteiger partial charge in [-0.05, 0) is 66.4 Å². The Labute approximate surface area is 203 Å². The maximum Gasteiger partial charge on any atom is 0.305 e. The van der Waals surface area contributed by atoms with Crippen molar-refractivity contribution in [3.05, 3.63) is 89.2 Å². The molecule has 1 atom stereocenters. The van der Waals surface area contributed by atoms with Crippen LogP contribution in [-0.2, 0) is 17.6 Å². The lowest BCUT2D eigenvalue weighted by molar-refractivity contribution is -0.137. The van der Waals surface area contributed by atoms with Crippen LogP contribution in [0.3, 0.4) is 0 Å². The highest BCUT2D eigenvalue weighted by Crippen LogP contribution is 2.30. The van der Waals surface area contributed by atoms with Crippen LogP contribution in [0.15, 0.2) is 66.9 Å². The molecule has 0 saturated heterocycles. The summed E-state index contributed by atoms with van der Waals surface area (Å²) in [5.41, 5.74) is 4.60. The summed E-state index contributed by atoms with van der Waals surface area (Å²) < 4.78 is 7.98. The summed E-state index contributed by atoms with van der Waals surface area (Å²) in [6.07, 6.45) is 4.78. The Hall–Kier alpha value is -4.31. The second-order valence-electron chi connectivity index (χ2n) is 8.73. The van der Waals surface area contributed by atoms with Crippen molar-refractivity contribution < 1.29 is 14.6 Å². The third-order valence-electron chi connectivity index (χ3n) is 6.40. The number of aromatic nitrogens is 2. The minimum Gasteiger partial charge on any atom is -0.493 e. The van der Waals surface area contributed by atoms with Crippen LogP contribution in [-0.4, -0.2) is 33.8 Å². The summed E-state index contributed by atoms with van der Waals surface area (Å²) in [6.45, 7) is 1.49. The summed E-state index contributed by atoms with van der Waals surface area (Å²) in [7, 11) is 0. The predicted molar refractivity (Wildman–Crippen MR) is 134 cm³/mol. The van der Waals surface area contributed by atoms with Gasteiger partial charge in [-0.3, -0.25) is 4.79 Å². The Balaban J connectivity index is 1.31. The average Bonchev–Trinajstić information content (AvgIpc) is 3.30. The molecule has 0 fully saturated rings. The topological polar surface area (TPSA) is 100 Å². The molecule has 5 rings (SSSR count). The van der Waals surface area contributed by atoms with Gasteiger partial charge in [-0.2, -0.15) is 5.26 Å². The molecule has 3 heterocycles. The Kier molecular flexibility index (Phi) is 6.36. The van der Waals surface area contributed by atoms with Crippen molar-refractivity contribution >= 4 is 22.7 Å². The molecule has 0 saturated carbocycles. The molecule has 2 N–H and O–H groups in total. The number of rotatable bonds is 8. The number of ether oxygens (including phenoxy) is 1. The van der Waals surface area contributed by atoms with E-state index < -0.39 is 5.97 Å². The number of carboxylic acids is 1. The van der Waals surface area contributed by atoms with E-state index in [9.17, 15) is 9.90 Å². The number of nitrogens with one attached hydrogen (secondary N) is 1. The monoisotopic (exact) mass is 466 g/mol. The van der Waals surface area contributed by atoms with Crippen molar-refractivity contribution in [3.8, 4) is 11.8 Å². The highest BCUT2D eigenvalue weighted by atomic mass is 16.5. The lowest BCUT2D eigenvalue weighted by Crippen LogP contribution is -2.14. The number of anilines is 1. The number of nitrogens with zero attached hydrogens (tertiary/aromatic N) is 3. The van der Waals surface area contributed by atoms with E-state index in [0.29, 0.717) is 18.6 Å². The molecule has 176 valence electrons. The lowest BCUT2D eigenvalue weighted by Gasteiger charge is -2.19. The first-order chi connectivity index (χ1) is 17.1. The van der Waals surface area contributed by atoms with Crippen molar-refractivity contribution in [1.82, 2.24) is 9.55 Å². The number of pyridine rings is 1. The van der Waals surface area contributed by atoms with Gasteiger partial charge in [-0.15, -0.1) is 0 Å². The van der Waals surface area contributed by atoms with Gasteiger partial charge in [0, 0.05) is 35.8 Å². The van der Waals surface area contributed by atoms with Crippen LogP contribution in [0.4, 0.5) is 5.82 Å². The van der Waals surface area contributed by atoms with E-state index in [2.05, 4.69) is 23.5 Å². The van der Waals surface area contributed by atoms with Gasteiger partial charge >= 0.3 is 5.97 Å².